The first-order valence-electron chi connectivity index (χ1n) is 5.50. The summed E-state index contributed by atoms with van der Waals surface area (Å²) in [5, 5.41) is 8.55. The van der Waals surface area contributed by atoms with Crippen LogP contribution in [0.5, 0.6) is 0 Å². The van der Waals surface area contributed by atoms with Gasteiger partial charge in [-0.2, -0.15) is 0 Å². The van der Waals surface area contributed by atoms with Crippen molar-refractivity contribution >= 4 is 11.8 Å². The number of carbonyl (C=O) groups excluding carboxylic acids is 2. The second-order valence-electron chi connectivity index (χ2n) is 3.76. The largest absolute Gasteiger partial charge is 0.378 e. The average Bonchev–Trinajstić information content (AvgIpc) is 2.25. The minimum absolute atomic E-state index is 0.0200. The first-order valence-corrected chi connectivity index (χ1v) is 5.50. The van der Waals surface area contributed by atoms with Crippen LogP contribution >= 0.6 is 0 Å². The molecule has 3 N–H and O–H groups in total. The number of amides is 2. The van der Waals surface area contributed by atoms with Gasteiger partial charge in [-0.3, -0.25) is 9.59 Å². The van der Waals surface area contributed by atoms with Gasteiger partial charge >= 0.3 is 0 Å². The van der Waals surface area contributed by atoms with Crippen molar-refractivity contribution < 1.29 is 14.3 Å². The lowest BCUT2D eigenvalue weighted by molar-refractivity contribution is -0.123. The van der Waals surface area contributed by atoms with E-state index in [-0.39, 0.29) is 17.9 Å². The monoisotopic (exact) mass is 229 g/mol. The smallest absolute Gasteiger partial charge is 0.221 e. The number of hydrogen-bond donors (Lipinski definition) is 3. The molecule has 0 bridgehead atoms. The number of rotatable bonds is 5. The maximum atomic E-state index is 11.4. The van der Waals surface area contributed by atoms with E-state index < -0.39 is 0 Å². The van der Waals surface area contributed by atoms with Crippen LogP contribution in [-0.2, 0) is 14.3 Å². The molecule has 6 nitrogen and oxygen atoms in total. The molecular weight excluding hydrogens is 210 g/mol. The van der Waals surface area contributed by atoms with E-state index in [9.17, 15) is 9.59 Å². The Morgan fingerprint density at radius 1 is 1.38 bits per heavy atom. The Balaban J connectivity index is 2.03. The first-order chi connectivity index (χ1) is 7.68. The second kappa shape index (κ2) is 7.19. The maximum Gasteiger partial charge on any atom is 0.221 e. The van der Waals surface area contributed by atoms with Gasteiger partial charge in [0.05, 0.1) is 13.2 Å². The summed E-state index contributed by atoms with van der Waals surface area (Å²) in [5.41, 5.74) is 0. The van der Waals surface area contributed by atoms with E-state index >= 15 is 0 Å². The average molecular weight is 229 g/mol. The Morgan fingerprint density at radius 2 is 2.12 bits per heavy atom. The Kier molecular flexibility index (Phi) is 5.81. The summed E-state index contributed by atoms with van der Waals surface area (Å²) in [4.78, 5) is 22.0. The minimum atomic E-state index is -0.0865. The summed E-state index contributed by atoms with van der Waals surface area (Å²) in [7, 11) is 0. The van der Waals surface area contributed by atoms with Gasteiger partial charge in [0.2, 0.25) is 11.8 Å². The highest BCUT2D eigenvalue weighted by atomic mass is 16.5. The van der Waals surface area contributed by atoms with Gasteiger partial charge < -0.3 is 20.7 Å². The Morgan fingerprint density at radius 3 is 2.75 bits per heavy atom. The molecule has 0 aliphatic carbocycles. The summed E-state index contributed by atoms with van der Waals surface area (Å²) in [5.74, 6) is -0.107. The molecule has 0 radical (unpaired) electrons. The van der Waals surface area contributed by atoms with Gasteiger partial charge in [0.15, 0.2) is 0 Å². The fraction of sp³-hybridized carbons (Fsp3) is 0.800. The second-order valence-corrected chi connectivity index (χ2v) is 3.76. The minimum Gasteiger partial charge on any atom is -0.378 e. The summed E-state index contributed by atoms with van der Waals surface area (Å²) >= 11 is 0. The van der Waals surface area contributed by atoms with Gasteiger partial charge in [-0.05, 0) is 0 Å². The molecule has 1 aliphatic heterocycles. The summed E-state index contributed by atoms with van der Waals surface area (Å²) in [6, 6.07) is 0.106. The summed E-state index contributed by atoms with van der Waals surface area (Å²) < 4.78 is 5.24. The zero-order chi connectivity index (χ0) is 11.8. The van der Waals surface area contributed by atoms with Gasteiger partial charge in [0.25, 0.3) is 0 Å². The normalized spacial score (nSPS) is 20.2. The third-order valence-electron chi connectivity index (χ3n) is 2.25. The standard InChI is InChI=1S/C10H19N3O3/c1-8(14)11-2-3-13-10(15)6-9-7-16-5-4-12-9/h9,12H,2-7H2,1H3,(H,11,14)(H,13,15). The van der Waals surface area contributed by atoms with Crippen LogP contribution in [0.25, 0.3) is 0 Å². The Bertz CT molecular complexity index is 239. The summed E-state index contributed by atoms with van der Waals surface area (Å²) in [6.07, 6.45) is 0.417. The van der Waals surface area contributed by atoms with Crippen molar-refractivity contribution in [3.63, 3.8) is 0 Å². The first kappa shape index (κ1) is 12.9. The lowest BCUT2D eigenvalue weighted by atomic mass is 10.2. The summed E-state index contributed by atoms with van der Waals surface area (Å²) in [6.45, 7) is 4.47. The molecule has 1 unspecified atom stereocenters. The number of nitrogens with one attached hydrogen (secondary N) is 3. The third-order valence-corrected chi connectivity index (χ3v) is 2.25. The van der Waals surface area contributed by atoms with Crippen molar-refractivity contribution in [2.45, 2.75) is 19.4 Å². The van der Waals surface area contributed by atoms with Crippen LogP contribution in [0, 0.1) is 0 Å². The van der Waals surface area contributed by atoms with Gasteiger partial charge in [-0.25, -0.2) is 0 Å². The zero-order valence-corrected chi connectivity index (χ0v) is 9.54. The van der Waals surface area contributed by atoms with E-state index in [1.807, 2.05) is 0 Å². The van der Waals surface area contributed by atoms with Gasteiger partial charge in [-0.1, -0.05) is 0 Å². The Labute approximate surface area is 95.1 Å². The lowest BCUT2D eigenvalue weighted by Gasteiger charge is -2.23. The van der Waals surface area contributed by atoms with E-state index in [2.05, 4.69) is 16.0 Å². The predicted molar refractivity (Wildman–Crippen MR) is 58.9 cm³/mol. The highest BCUT2D eigenvalue weighted by molar-refractivity contribution is 5.76. The molecule has 1 rings (SSSR count). The molecule has 1 heterocycles. The number of carbonyl (C=O) groups is 2. The molecule has 0 aromatic carbocycles. The Hall–Kier alpha value is -1.14. The zero-order valence-electron chi connectivity index (χ0n) is 9.54. The molecule has 0 saturated carbocycles. The van der Waals surface area contributed by atoms with E-state index in [0.717, 1.165) is 6.54 Å². The topological polar surface area (TPSA) is 79.5 Å². The molecule has 1 aliphatic rings. The van der Waals surface area contributed by atoms with Crippen LogP contribution in [-0.4, -0.2) is 50.7 Å². The van der Waals surface area contributed by atoms with Crippen LogP contribution in [0.2, 0.25) is 0 Å². The van der Waals surface area contributed by atoms with Crippen molar-refractivity contribution in [2.24, 2.45) is 0 Å². The number of ether oxygens (including phenoxy) is 1. The van der Waals surface area contributed by atoms with Crippen molar-refractivity contribution in [2.75, 3.05) is 32.8 Å². The molecule has 0 aromatic heterocycles. The van der Waals surface area contributed by atoms with Gasteiger partial charge in [0.1, 0.15) is 0 Å². The molecule has 1 atom stereocenters. The molecule has 1 fully saturated rings. The quantitative estimate of drug-likeness (QED) is 0.508. The van der Waals surface area contributed by atoms with E-state index in [0.29, 0.717) is 32.7 Å². The SMILES string of the molecule is CC(=O)NCCNC(=O)CC1COCCN1. The van der Waals surface area contributed by atoms with Gasteiger partial charge in [-0.15, -0.1) is 0 Å². The molecule has 16 heavy (non-hydrogen) atoms. The van der Waals surface area contributed by atoms with E-state index in [1.54, 1.807) is 0 Å². The third kappa shape index (κ3) is 5.67. The van der Waals surface area contributed by atoms with Crippen molar-refractivity contribution in [1.29, 1.82) is 0 Å². The molecule has 6 heteroatoms. The maximum absolute atomic E-state index is 11.4. The lowest BCUT2D eigenvalue weighted by Crippen LogP contribution is -2.45. The van der Waals surface area contributed by atoms with E-state index in [4.69, 9.17) is 4.74 Å². The molecule has 0 aromatic rings. The highest BCUT2D eigenvalue weighted by Gasteiger charge is 2.16. The van der Waals surface area contributed by atoms with Crippen molar-refractivity contribution in [3.8, 4) is 0 Å². The molecule has 1 saturated heterocycles. The van der Waals surface area contributed by atoms with Crippen LogP contribution in [0.1, 0.15) is 13.3 Å². The van der Waals surface area contributed by atoms with Crippen molar-refractivity contribution in [1.82, 2.24) is 16.0 Å². The van der Waals surface area contributed by atoms with Crippen molar-refractivity contribution in [3.05, 3.63) is 0 Å². The van der Waals surface area contributed by atoms with Crippen LogP contribution < -0.4 is 16.0 Å². The highest BCUT2D eigenvalue weighted by Crippen LogP contribution is 1.97. The fourth-order valence-corrected chi connectivity index (χ4v) is 1.49. The molecule has 2 amide bonds. The van der Waals surface area contributed by atoms with Crippen LogP contribution in [0.15, 0.2) is 0 Å². The molecular formula is C10H19N3O3. The number of morpholine rings is 1. The molecule has 0 spiro atoms. The van der Waals surface area contributed by atoms with E-state index in [1.165, 1.54) is 6.92 Å². The fourth-order valence-electron chi connectivity index (χ4n) is 1.49. The van der Waals surface area contributed by atoms with Gasteiger partial charge in [0, 0.05) is 39.0 Å². The number of hydrogen-bond acceptors (Lipinski definition) is 4. The van der Waals surface area contributed by atoms with Crippen LogP contribution in [0.4, 0.5) is 0 Å². The predicted octanol–water partition coefficient (Wildman–Crippen LogP) is -1.38. The van der Waals surface area contributed by atoms with Crippen LogP contribution in [0.3, 0.4) is 0 Å². The molecule has 92 valence electrons.